The van der Waals surface area contributed by atoms with E-state index in [9.17, 15) is 14.7 Å². The summed E-state index contributed by atoms with van der Waals surface area (Å²) in [4.78, 5) is 25.9. The van der Waals surface area contributed by atoms with Crippen LogP contribution in [0.1, 0.15) is 34.3 Å². The van der Waals surface area contributed by atoms with E-state index in [0.29, 0.717) is 22.4 Å². The van der Waals surface area contributed by atoms with Gasteiger partial charge in [0.1, 0.15) is 0 Å². The predicted molar refractivity (Wildman–Crippen MR) is 86.7 cm³/mol. The molecule has 1 unspecified atom stereocenters. The number of carbonyl (C=O) groups excluding carboxylic acids is 1. The summed E-state index contributed by atoms with van der Waals surface area (Å²) in [5.74, 6) is -1.70. The molecule has 0 aromatic heterocycles. The zero-order chi connectivity index (χ0) is 16.3. The number of rotatable bonds is 5. The second-order valence-electron chi connectivity index (χ2n) is 5.39. The van der Waals surface area contributed by atoms with Crippen molar-refractivity contribution < 1.29 is 14.7 Å². The van der Waals surface area contributed by atoms with Crippen LogP contribution in [0.2, 0.25) is 0 Å². The highest BCUT2D eigenvalue weighted by molar-refractivity contribution is 6.13. The van der Waals surface area contributed by atoms with E-state index in [0.717, 1.165) is 0 Å². The van der Waals surface area contributed by atoms with Crippen molar-refractivity contribution in [1.29, 1.82) is 0 Å². The minimum absolute atomic E-state index is 0.108. The average Bonchev–Trinajstić information content (AvgIpc) is 2.53. The number of hydrogen-bond donors (Lipinski definition) is 1. The summed E-state index contributed by atoms with van der Waals surface area (Å²) in [6.45, 7) is 1.63. The van der Waals surface area contributed by atoms with Gasteiger partial charge in [-0.1, -0.05) is 42.5 Å². The van der Waals surface area contributed by atoms with Crippen LogP contribution < -0.4 is 4.90 Å². The van der Waals surface area contributed by atoms with Crippen LogP contribution in [0.15, 0.2) is 48.5 Å². The second-order valence-corrected chi connectivity index (χ2v) is 5.39. The fourth-order valence-electron chi connectivity index (χ4n) is 2.47. The number of para-hydroxylation sites is 1. The van der Waals surface area contributed by atoms with E-state index in [4.69, 9.17) is 0 Å². The molecule has 1 N–H and O–H groups in total. The van der Waals surface area contributed by atoms with E-state index in [2.05, 4.69) is 0 Å². The first-order valence-corrected chi connectivity index (χ1v) is 7.06. The summed E-state index contributed by atoms with van der Waals surface area (Å²) >= 11 is 0. The van der Waals surface area contributed by atoms with Crippen molar-refractivity contribution in [2.75, 3.05) is 19.0 Å². The first-order chi connectivity index (χ1) is 10.4. The van der Waals surface area contributed by atoms with Gasteiger partial charge in [0, 0.05) is 25.2 Å². The molecule has 0 aliphatic rings. The molecular weight excluding hydrogens is 278 g/mol. The third kappa shape index (κ3) is 3.01. The maximum Gasteiger partial charge on any atom is 0.310 e. The number of benzene rings is 2. The van der Waals surface area contributed by atoms with E-state index in [1.54, 1.807) is 42.2 Å². The van der Waals surface area contributed by atoms with Crippen LogP contribution in [0, 0.1) is 0 Å². The molecule has 1 atom stereocenters. The largest absolute Gasteiger partial charge is 0.481 e. The highest BCUT2D eigenvalue weighted by atomic mass is 16.4. The van der Waals surface area contributed by atoms with Gasteiger partial charge in [-0.25, -0.2) is 0 Å². The van der Waals surface area contributed by atoms with Gasteiger partial charge in [0.25, 0.3) is 0 Å². The maximum absolute atomic E-state index is 12.7. The van der Waals surface area contributed by atoms with Crippen molar-refractivity contribution in [2.24, 2.45) is 0 Å². The van der Waals surface area contributed by atoms with Crippen LogP contribution in [0.3, 0.4) is 0 Å². The molecule has 0 saturated carbocycles. The Morgan fingerprint density at radius 2 is 1.64 bits per heavy atom. The number of aliphatic carboxylic acids is 1. The van der Waals surface area contributed by atoms with Gasteiger partial charge in [0.2, 0.25) is 0 Å². The Kier molecular flexibility index (Phi) is 4.61. The monoisotopic (exact) mass is 297 g/mol. The highest BCUT2D eigenvalue weighted by Gasteiger charge is 2.23. The average molecular weight is 297 g/mol. The molecule has 0 saturated heterocycles. The number of nitrogens with zero attached hydrogens (tertiary/aromatic N) is 1. The van der Waals surface area contributed by atoms with Crippen molar-refractivity contribution >= 4 is 17.4 Å². The lowest BCUT2D eigenvalue weighted by Gasteiger charge is -2.23. The number of hydrogen-bond acceptors (Lipinski definition) is 3. The molecule has 4 heteroatoms. The van der Waals surface area contributed by atoms with Crippen molar-refractivity contribution in [3.63, 3.8) is 0 Å². The normalized spacial score (nSPS) is 11.8. The van der Waals surface area contributed by atoms with Crippen molar-refractivity contribution in [3.8, 4) is 0 Å². The van der Waals surface area contributed by atoms with Crippen molar-refractivity contribution in [1.82, 2.24) is 0 Å². The van der Waals surface area contributed by atoms with Crippen molar-refractivity contribution in [2.45, 2.75) is 12.8 Å². The molecule has 2 aromatic carbocycles. The molecule has 2 rings (SSSR count). The molecule has 4 nitrogen and oxygen atoms in total. The Labute approximate surface area is 130 Å². The predicted octanol–water partition coefficient (Wildman–Crippen LogP) is 3.17. The highest BCUT2D eigenvalue weighted by Crippen LogP contribution is 2.31. The van der Waals surface area contributed by atoms with Crippen LogP contribution in [-0.4, -0.2) is 31.0 Å². The summed E-state index contributed by atoms with van der Waals surface area (Å²) < 4.78 is 0. The summed E-state index contributed by atoms with van der Waals surface area (Å²) in [7, 11) is 3.63. The van der Waals surface area contributed by atoms with E-state index in [-0.39, 0.29) is 5.78 Å². The second kappa shape index (κ2) is 6.43. The SMILES string of the molecule is CC(C(=O)O)c1cccc(C(=O)c2ccccc2)c1N(C)C. The number of ketones is 1. The first-order valence-electron chi connectivity index (χ1n) is 7.06. The summed E-state index contributed by atoms with van der Waals surface area (Å²) in [6.07, 6.45) is 0. The summed E-state index contributed by atoms with van der Waals surface area (Å²) in [5, 5.41) is 9.28. The molecule has 0 radical (unpaired) electrons. The first kappa shape index (κ1) is 15.8. The smallest absolute Gasteiger partial charge is 0.310 e. The molecule has 0 aliphatic carbocycles. The van der Waals surface area contributed by atoms with Gasteiger partial charge in [0.15, 0.2) is 5.78 Å². The van der Waals surface area contributed by atoms with E-state index in [1.165, 1.54) is 0 Å². The molecule has 0 aliphatic heterocycles. The van der Waals surface area contributed by atoms with Gasteiger partial charge < -0.3 is 10.0 Å². The molecule has 0 bridgehead atoms. The summed E-state index contributed by atoms with van der Waals surface area (Å²) in [5.41, 5.74) is 2.40. The number of carboxylic acid groups (broad SMARTS) is 1. The van der Waals surface area contributed by atoms with Gasteiger partial charge >= 0.3 is 5.97 Å². The number of carbonyl (C=O) groups is 2. The maximum atomic E-state index is 12.7. The van der Waals surface area contributed by atoms with Gasteiger partial charge in [-0.05, 0) is 18.6 Å². The van der Waals surface area contributed by atoms with Gasteiger partial charge in [-0.2, -0.15) is 0 Å². The van der Waals surface area contributed by atoms with Crippen molar-refractivity contribution in [3.05, 3.63) is 65.2 Å². The van der Waals surface area contributed by atoms with Gasteiger partial charge in [-0.3, -0.25) is 9.59 Å². The molecule has 0 spiro atoms. The van der Waals surface area contributed by atoms with E-state index < -0.39 is 11.9 Å². The lowest BCUT2D eigenvalue weighted by molar-refractivity contribution is -0.138. The van der Waals surface area contributed by atoms with E-state index >= 15 is 0 Å². The zero-order valence-electron chi connectivity index (χ0n) is 12.9. The lowest BCUT2D eigenvalue weighted by Crippen LogP contribution is -2.19. The Hall–Kier alpha value is -2.62. The standard InChI is InChI=1S/C18H19NO3/c1-12(18(21)22)14-10-7-11-15(16(14)19(2)3)17(20)13-8-5-4-6-9-13/h4-12H,1-3H3,(H,21,22). The fourth-order valence-corrected chi connectivity index (χ4v) is 2.47. The number of anilines is 1. The fraction of sp³-hybridized carbons (Fsp3) is 0.222. The number of carboxylic acids is 1. The van der Waals surface area contributed by atoms with Gasteiger partial charge in [-0.15, -0.1) is 0 Å². The van der Waals surface area contributed by atoms with Gasteiger partial charge in [0.05, 0.1) is 11.6 Å². The third-order valence-corrected chi connectivity index (χ3v) is 3.63. The quantitative estimate of drug-likeness (QED) is 0.861. The minimum Gasteiger partial charge on any atom is -0.481 e. The van der Waals surface area contributed by atoms with Crippen LogP contribution in [0.25, 0.3) is 0 Å². The molecule has 114 valence electrons. The molecule has 0 amide bonds. The van der Waals surface area contributed by atoms with Crippen LogP contribution >= 0.6 is 0 Å². The van der Waals surface area contributed by atoms with Crippen LogP contribution in [-0.2, 0) is 4.79 Å². The Morgan fingerprint density at radius 3 is 2.18 bits per heavy atom. The zero-order valence-corrected chi connectivity index (χ0v) is 12.9. The lowest BCUT2D eigenvalue weighted by atomic mass is 9.92. The Balaban J connectivity index is 2.59. The third-order valence-electron chi connectivity index (χ3n) is 3.63. The topological polar surface area (TPSA) is 57.6 Å². The van der Waals surface area contributed by atoms with E-state index in [1.807, 2.05) is 32.3 Å². The minimum atomic E-state index is -0.910. The Bertz CT molecular complexity index is 693. The molecule has 0 heterocycles. The Morgan fingerprint density at radius 1 is 1.00 bits per heavy atom. The molecule has 0 fully saturated rings. The molecule has 2 aromatic rings. The van der Waals surface area contributed by atoms with Crippen LogP contribution in [0.5, 0.6) is 0 Å². The van der Waals surface area contributed by atoms with Crippen LogP contribution in [0.4, 0.5) is 5.69 Å². The molecule has 22 heavy (non-hydrogen) atoms. The summed E-state index contributed by atoms with van der Waals surface area (Å²) in [6, 6.07) is 14.2. The molecular formula is C18H19NO3.